The van der Waals surface area contributed by atoms with Crippen LogP contribution in [0.1, 0.15) is 28.8 Å². The number of methoxy groups -OCH3 is 1. The molecule has 2 amide bonds. The molecule has 0 saturated carbocycles. The normalized spacial score (nSPS) is 26.5. The molecule has 3 unspecified atom stereocenters. The van der Waals surface area contributed by atoms with Crippen molar-refractivity contribution in [3.8, 4) is 17.2 Å². The van der Waals surface area contributed by atoms with E-state index in [1.165, 1.54) is 36.3 Å². The number of nitrogens with zero attached hydrogens (tertiary/aromatic N) is 1. The van der Waals surface area contributed by atoms with Crippen molar-refractivity contribution in [3.05, 3.63) is 70.2 Å². The molecule has 5 rings (SSSR count). The first-order chi connectivity index (χ1) is 20.3. The number of nitrogens with one attached hydrogen (secondary N) is 1. The summed E-state index contributed by atoms with van der Waals surface area (Å²) in [6.07, 6.45) is -2.39. The molecular formula is C30H31N3O10. The van der Waals surface area contributed by atoms with Gasteiger partial charge in [0, 0.05) is 17.4 Å². The first kappa shape index (κ1) is 29.6. The van der Waals surface area contributed by atoms with E-state index in [1.807, 2.05) is 0 Å². The van der Waals surface area contributed by atoms with Crippen molar-refractivity contribution in [2.45, 2.75) is 25.0 Å². The van der Waals surface area contributed by atoms with Crippen molar-refractivity contribution in [2.24, 2.45) is 23.5 Å². The second-order valence-corrected chi connectivity index (χ2v) is 11.0. The third kappa shape index (κ3) is 4.57. The van der Waals surface area contributed by atoms with E-state index in [-0.39, 0.29) is 22.6 Å². The monoisotopic (exact) mass is 593 g/mol. The average molecular weight is 594 g/mol. The molecule has 0 heterocycles. The molecule has 0 aliphatic heterocycles. The standard InChI is InChI=1S/C30H31N3O10/c1-11-14-9-10-15(32-30(41)43-13-7-5-12(42-4)6-8-13)23(34)17(14)25(36)19-16(11)24(35)18-20(26(19)37)27(38)21(29(31)40)28(39)22(18)33(2)3/h5-11,16,18,20,22,24,34-35,37,39H,1-4H3,(H2,31,40)(H,32,41)/t11-,16?,18?,20?,22-,24-/m0/s1. The lowest BCUT2D eigenvalue weighted by Crippen LogP contribution is -2.59. The zero-order valence-corrected chi connectivity index (χ0v) is 23.7. The number of ketones is 2. The minimum Gasteiger partial charge on any atom is -0.511 e. The Morgan fingerprint density at radius 3 is 2.19 bits per heavy atom. The largest absolute Gasteiger partial charge is 0.511 e. The third-order valence-electron chi connectivity index (χ3n) is 8.50. The molecule has 0 fully saturated rings. The van der Waals surface area contributed by atoms with Crippen LogP contribution in [0.3, 0.4) is 0 Å². The van der Waals surface area contributed by atoms with Gasteiger partial charge >= 0.3 is 6.09 Å². The number of carbonyl (C=O) groups is 4. The van der Waals surface area contributed by atoms with Crippen LogP contribution < -0.4 is 20.5 Å². The highest BCUT2D eigenvalue weighted by Crippen LogP contribution is 2.54. The van der Waals surface area contributed by atoms with E-state index < -0.39 is 82.2 Å². The smallest absolute Gasteiger partial charge is 0.417 e. The molecule has 0 radical (unpaired) electrons. The van der Waals surface area contributed by atoms with Gasteiger partial charge in [-0.05, 0) is 55.9 Å². The number of fused-ring (bicyclic) bond motifs is 3. The van der Waals surface area contributed by atoms with E-state index in [9.17, 15) is 39.6 Å². The van der Waals surface area contributed by atoms with E-state index in [0.717, 1.165) is 0 Å². The molecule has 3 aliphatic carbocycles. The number of nitrogens with two attached hydrogens (primary N) is 1. The Bertz CT molecular complexity index is 1610. The molecule has 0 saturated heterocycles. The summed E-state index contributed by atoms with van der Waals surface area (Å²) in [7, 11) is 4.61. The van der Waals surface area contributed by atoms with Crippen LogP contribution in [-0.2, 0) is 9.59 Å². The van der Waals surface area contributed by atoms with Crippen LogP contribution in [0.25, 0.3) is 0 Å². The van der Waals surface area contributed by atoms with Gasteiger partial charge in [-0.25, -0.2) is 4.79 Å². The minimum atomic E-state index is -1.56. The molecule has 7 N–H and O–H groups in total. The van der Waals surface area contributed by atoms with Crippen molar-refractivity contribution >= 4 is 29.3 Å². The number of rotatable bonds is 5. The zero-order chi connectivity index (χ0) is 31.5. The Morgan fingerprint density at radius 1 is 0.977 bits per heavy atom. The lowest BCUT2D eigenvalue weighted by atomic mass is 9.57. The molecule has 13 nitrogen and oxygen atoms in total. The van der Waals surface area contributed by atoms with Crippen molar-refractivity contribution in [1.82, 2.24) is 4.90 Å². The Labute approximate surface area is 245 Å². The van der Waals surface area contributed by atoms with Crippen LogP contribution in [0.2, 0.25) is 0 Å². The molecule has 6 atom stereocenters. The summed E-state index contributed by atoms with van der Waals surface area (Å²) in [5.74, 6) is -8.67. The second kappa shape index (κ2) is 10.7. The van der Waals surface area contributed by atoms with Gasteiger partial charge in [0.25, 0.3) is 5.91 Å². The van der Waals surface area contributed by atoms with Gasteiger partial charge in [0.2, 0.25) is 0 Å². The first-order valence-electron chi connectivity index (χ1n) is 13.4. The number of ether oxygens (including phenoxy) is 2. The summed E-state index contributed by atoms with van der Waals surface area (Å²) >= 11 is 0. The highest BCUT2D eigenvalue weighted by molar-refractivity contribution is 6.22. The predicted molar refractivity (Wildman–Crippen MR) is 151 cm³/mol. The van der Waals surface area contributed by atoms with Gasteiger partial charge in [-0.1, -0.05) is 13.0 Å². The highest BCUT2D eigenvalue weighted by Gasteiger charge is 2.59. The van der Waals surface area contributed by atoms with Crippen LogP contribution in [-0.4, -0.2) is 82.2 Å². The van der Waals surface area contributed by atoms with E-state index in [1.54, 1.807) is 33.2 Å². The number of phenols is 1. The van der Waals surface area contributed by atoms with Gasteiger partial charge < -0.3 is 35.6 Å². The fraction of sp³-hybridized carbons (Fsp3) is 0.333. The maximum Gasteiger partial charge on any atom is 0.417 e. The van der Waals surface area contributed by atoms with E-state index in [4.69, 9.17) is 15.2 Å². The molecule has 43 heavy (non-hydrogen) atoms. The number of aromatic hydroxyl groups is 1. The Hall–Kier alpha value is -4.88. The number of likely N-dealkylation sites (N-methyl/N-ethyl adjacent to an activating group) is 1. The molecule has 226 valence electrons. The van der Waals surface area contributed by atoms with E-state index in [2.05, 4.69) is 5.32 Å². The number of hydrogen-bond acceptors (Lipinski definition) is 11. The van der Waals surface area contributed by atoms with Crippen LogP contribution in [0.5, 0.6) is 17.2 Å². The minimum absolute atomic E-state index is 0.157. The van der Waals surface area contributed by atoms with Crippen molar-refractivity contribution < 1.29 is 49.1 Å². The number of amides is 2. The van der Waals surface area contributed by atoms with E-state index in [0.29, 0.717) is 11.3 Å². The number of phenolic OH excluding ortho intramolecular Hbond substituents is 1. The fourth-order valence-corrected chi connectivity index (χ4v) is 6.60. The number of aliphatic hydroxyl groups is 3. The number of primary amides is 1. The Kier molecular flexibility index (Phi) is 7.40. The lowest BCUT2D eigenvalue weighted by molar-refractivity contribution is -0.131. The topological polar surface area (TPSA) is 209 Å². The number of allylic oxidation sites excluding steroid dienone is 1. The Morgan fingerprint density at radius 2 is 1.60 bits per heavy atom. The molecule has 3 aliphatic rings. The summed E-state index contributed by atoms with van der Waals surface area (Å²) in [5.41, 5.74) is 4.29. The third-order valence-corrected chi connectivity index (χ3v) is 8.50. The van der Waals surface area contributed by atoms with Gasteiger partial charge in [-0.3, -0.25) is 24.6 Å². The number of carbonyl (C=O) groups excluding carboxylic acids is 4. The maximum absolute atomic E-state index is 13.9. The number of anilines is 1. The maximum atomic E-state index is 13.9. The number of benzene rings is 2. The van der Waals surface area contributed by atoms with Crippen molar-refractivity contribution in [1.29, 1.82) is 0 Å². The molecule has 0 bridgehead atoms. The quantitative estimate of drug-likeness (QED) is 0.219. The summed E-state index contributed by atoms with van der Waals surface area (Å²) < 4.78 is 10.3. The Balaban J connectivity index is 1.55. The number of aliphatic hydroxyl groups excluding tert-OH is 3. The summed E-state index contributed by atoms with van der Waals surface area (Å²) in [6.45, 7) is 1.68. The molecule has 0 aromatic heterocycles. The number of Topliss-reactive ketones (excluding diaryl/α,β-unsaturated/α-hetero) is 2. The van der Waals surface area contributed by atoms with Crippen molar-refractivity contribution in [2.75, 3.05) is 26.5 Å². The average Bonchev–Trinajstić information content (AvgIpc) is 2.94. The number of hydrogen-bond donors (Lipinski definition) is 6. The molecular weight excluding hydrogens is 562 g/mol. The second-order valence-electron chi connectivity index (χ2n) is 11.0. The summed E-state index contributed by atoms with van der Waals surface area (Å²) in [4.78, 5) is 53.5. The van der Waals surface area contributed by atoms with Gasteiger partial charge in [0.05, 0.1) is 36.4 Å². The summed E-state index contributed by atoms with van der Waals surface area (Å²) in [6, 6.07) is 7.97. The molecule has 13 heteroatoms. The van der Waals surface area contributed by atoms with Gasteiger partial charge in [-0.2, -0.15) is 0 Å². The van der Waals surface area contributed by atoms with Crippen LogP contribution in [0, 0.1) is 17.8 Å². The molecule has 0 spiro atoms. The predicted octanol–water partition coefficient (Wildman–Crippen LogP) is 2.16. The first-order valence-corrected chi connectivity index (χ1v) is 13.4. The SMILES string of the molecule is COc1ccc(OC(=O)Nc2ccc3c(c2O)C(=O)C2=C(O)C4C(=O)C(C(N)=O)=C(O)[C@@H](N(C)C)C4[C@@H](O)C2[C@H]3C)cc1. The molecule has 2 aromatic carbocycles. The van der Waals surface area contributed by atoms with Crippen LogP contribution in [0.15, 0.2) is 59.1 Å². The van der Waals surface area contributed by atoms with Crippen molar-refractivity contribution in [3.63, 3.8) is 0 Å². The zero-order valence-electron chi connectivity index (χ0n) is 23.7. The molecule has 2 aromatic rings. The highest BCUT2D eigenvalue weighted by atomic mass is 16.6. The van der Waals surface area contributed by atoms with Crippen LogP contribution in [0.4, 0.5) is 10.5 Å². The van der Waals surface area contributed by atoms with E-state index >= 15 is 0 Å². The van der Waals surface area contributed by atoms with Crippen LogP contribution >= 0.6 is 0 Å². The fourth-order valence-electron chi connectivity index (χ4n) is 6.60. The van der Waals surface area contributed by atoms with Gasteiger partial charge in [0.1, 0.15) is 28.6 Å². The van der Waals surface area contributed by atoms with Gasteiger partial charge in [0.15, 0.2) is 17.3 Å². The van der Waals surface area contributed by atoms with Gasteiger partial charge in [-0.15, -0.1) is 0 Å². The summed E-state index contributed by atoms with van der Waals surface area (Å²) in [5, 5.41) is 47.5. The lowest BCUT2D eigenvalue weighted by Gasteiger charge is -2.50.